The fourth-order valence-corrected chi connectivity index (χ4v) is 2.41. The molecule has 2 nitrogen and oxygen atoms in total. The van der Waals surface area contributed by atoms with Gasteiger partial charge in [-0.15, -0.1) is 0 Å². The molecule has 2 aromatic carbocycles. The third kappa shape index (κ3) is 3.11. The van der Waals surface area contributed by atoms with E-state index in [2.05, 4.69) is 33.2 Å². The Hall–Kier alpha value is -1.58. The molecule has 0 spiro atoms. The Kier molecular flexibility index (Phi) is 3.90. The van der Waals surface area contributed by atoms with Crippen LogP contribution in [0.4, 0.5) is 0 Å². The summed E-state index contributed by atoms with van der Waals surface area (Å²) >= 11 is 9.34. The maximum atomic E-state index is 5.90. The summed E-state index contributed by atoms with van der Waals surface area (Å²) in [4.78, 5) is 0. The molecule has 1 heterocycles. The zero-order chi connectivity index (χ0) is 13.9. The van der Waals surface area contributed by atoms with Gasteiger partial charge in [-0.05, 0) is 35.4 Å². The van der Waals surface area contributed by atoms with Gasteiger partial charge in [0, 0.05) is 21.3 Å². The lowest BCUT2D eigenvalue weighted by molar-refractivity contribution is 0.687. The van der Waals surface area contributed by atoms with Crippen LogP contribution in [0.3, 0.4) is 0 Å². The highest BCUT2D eigenvalue weighted by atomic mass is 79.9. The maximum absolute atomic E-state index is 5.90. The van der Waals surface area contributed by atoms with Crippen LogP contribution in [-0.2, 0) is 6.54 Å². The number of halogens is 2. The van der Waals surface area contributed by atoms with E-state index in [0.717, 1.165) is 27.2 Å². The van der Waals surface area contributed by atoms with Crippen LogP contribution in [0.25, 0.3) is 11.1 Å². The molecule has 0 aliphatic heterocycles. The van der Waals surface area contributed by atoms with E-state index in [-0.39, 0.29) is 0 Å². The van der Waals surface area contributed by atoms with Crippen molar-refractivity contribution in [2.24, 2.45) is 0 Å². The minimum Gasteiger partial charge on any atom is -0.268 e. The molecular weight excluding hydrogens is 336 g/mol. The minimum atomic E-state index is 0.746. The van der Waals surface area contributed by atoms with Gasteiger partial charge in [-0.25, -0.2) is 0 Å². The number of rotatable bonds is 3. The highest BCUT2D eigenvalue weighted by Crippen LogP contribution is 2.21. The van der Waals surface area contributed by atoms with Crippen molar-refractivity contribution in [1.29, 1.82) is 0 Å². The maximum Gasteiger partial charge on any atom is 0.0659 e. The zero-order valence-corrected chi connectivity index (χ0v) is 13.0. The highest BCUT2D eigenvalue weighted by molar-refractivity contribution is 9.10. The van der Waals surface area contributed by atoms with E-state index in [1.807, 2.05) is 53.5 Å². The van der Waals surface area contributed by atoms with Crippen molar-refractivity contribution in [2.75, 3.05) is 0 Å². The molecule has 0 aliphatic carbocycles. The monoisotopic (exact) mass is 346 g/mol. The molecule has 0 unspecified atom stereocenters. The molecule has 4 heteroatoms. The quantitative estimate of drug-likeness (QED) is 0.651. The number of hydrogen-bond acceptors (Lipinski definition) is 1. The van der Waals surface area contributed by atoms with E-state index < -0.39 is 0 Å². The topological polar surface area (TPSA) is 17.8 Å². The van der Waals surface area contributed by atoms with Crippen molar-refractivity contribution < 1.29 is 0 Å². The first-order valence-corrected chi connectivity index (χ1v) is 7.41. The van der Waals surface area contributed by atoms with Gasteiger partial charge in [0.15, 0.2) is 0 Å². The van der Waals surface area contributed by atoms with Gasteiger partial charge in [0.05, 0.1) is 12.7 Å². The summed E-state index contributed by atoms with van der Waals surface area (Å²) < 4.78 is 3.02. The minimum absolute atomic E-state index is 0.746. The SMILES string of the molecule is Clc1ccc(-c2cnn(Cc3ccc(Br)cc3)c2)cc1. The first-order chi connectivity index (χ1) is 9.70. The van der Waals surface area contributed by atoms with E-state index >= 15 is 0 Å². The Morgan fingerprint density at radius 1 is 0.950 bits per heavy atom. The Morgan fingerprint density at radius 3 is 2.35 bits per heavy atom. The van der Waals surface area contributed by atoms with Crippen molar-refractivity contribution in [3.05, 3.63) is 76.0 Å². The molecule has 0 fully saturated rings. The fourth-order valence-electron chi connectivity index (χ4n) is 2.02. The van der Waals surface area contributed by atoms with Gasteiger partial charge < -0.3 is 0 Å². The number of nitrogens with zero attached hydrogens (tertiary/aromatic N) is 2. The summed E-state index contributed by atoms with van der Waals surface area (Å²) in [5.41, 5.74) is 3.44. The van der Waals surface area contributed by atoms with Crippen molar-refractivity contribution in [3.63, 3.8) is 0 Å². The number of hydrogen-bond donors (Lipinski definition) is 0. The highest BCUT2D eigenvalue weighted by Gasteiger charge is 2.02. The van der Waals surface area contributed by atoms with Gasteiger partial charge >= 0.3 is 0 Å². The summed E-state index contributed by atoms with van der Waals surface area (Å²) in [7, 11) is 0. The number of benzene rings is 2. The first-order valence-electron chi connectivity index (χ1n) is 6.23. The van der Waals surface area contributed by atoms with Crippen LogP contribution in [0.15, 0.2) is 65.4 Å². The average Bonchev–Trinajstić information content (AvgIpc) is 2.91. The fraction of sp³-hybridized carbons (Fsp3) is 0.0625. The van der Waals surface area contributed by atoms with Crippen molar-refractivity contribution in [2.45, 2.75) is 6.54 Å². The molecule has 0 atom stereocenters. The van der Waals surface area contributed by atoms with Gasteiger partial charge in [0.25, 0.3) is 0 Å². The Labute approximate surface area is 131 Å². The van der Waals surface area contributed by atoms with E-state index in [1.165, 1.54) is 5.56 Å². The smallest absolute Gasteiger partial charge is 0.0659 e. The molecule has 100 valence electrons. The summed E-state index contributed by atoms with van der Waals surface area (Å²) in [5.74, 6) is 0. The molecule has 0 radical (unpaired) electrons. The van der Waals surface area contributed by atoms with Crippen LogP contribution in [0.5, 0.6) is 0 Å². The lowest BCUT2D eigenvalue weighted by Gasteiger charge is -2.02. The molecule has 0 saturated carbocycles. The molecule has 0 saturated heterocycles. The molecule has 0 N–H and O–H groups in total. The number of aromatic nitrogens is 2. The van der Waals surface area contributed by atoms with E-state index in [0.29, 0.717) is 0 Å². The van der Waals surface area contributed by atoms with Crippen LogP contribution in [0.1, 0.15) is 5.56 Å². The van der Waals surface area contributed by atoms with E-state index in [9.17, 15) is 0 Å². The summed E-state index contributed by atoms with van der Waals surface area (Å²) in [6.07, 6.45) is 3.92. The van der Waals surface area contributed by atoms with Crippen LogP contribution >= 0.6 is 27.5 Å². The second-order valence-electron chi connectivity index (χ2n) is 4.56. The van der Waals surface area contributed by atoms with Crippen LogP contribution in [0.2, 0.25) is 5.02 Å². The third-order valence-corrected chi connectivity index (χ3v) is 3.85. The molecule has 0 aliphatic rings. The lowest BCUT2D eigenvalue weighted by Crippen LogP contribution is -1.99. The lowest BCUT2D eigenvalue weighted by atomic mass is 10.1. The van der Waals surface area contributed by atoms with Gasteiger partial charge in [0.2, 0.25) is 0 Å². The molecule has 20 heavy (non-hydrogen) atoms. The molecule has 0 amide bonds. The Bertz CT molecular complexity index is 702. The first kappa shape index (κ1) is 13.4. The molecular formula is C16H12BrClN2. The van der Waals surface area contributed by atoms with Gasteiger partial charge in [-0.2, -0.15) is 5.10 Å². The molecule has 3 aromatic rings. The second-order valence-corrected chi connectivity index (χ2v) is 5.91. The molecule has 1 aromatic heterocycles. The van der Waals surface area contributed by atoms with E-state index in [1.54, 1.807) is 0 Å². The Balaban J connectivity index is 1.80. The summed E-state index contributed by atoms with van der Waals surface area (Å²) in [5, 5.41) is 5.15. The van der Waals surface area contributed by atoms with E-state index in [4.69, 9.17) is 11.6 Å². The van der Waals surface area contributed by atoms with Crippen molar-refractivity contribution in [3.8, 4) is 11.1 Å². The average molecular weight is 348 g/mol. The van der Waals surface area contributed by atoms with Crippen molar-refractivity contribution in [1.82, 2.24) is 9.78 Å². The largest absolute Gasteiger partial charge is 0.268 e. The van der Waals surface area contributed by atoms with Crippen molar-refractivity contribution >= 4 is 27.5 Å². The predicted octanol–water partition coefficient (Wildman–Crippen LogP) is 5.01. The molecule has 3 rings (SSSR count). The summed E-state index contributed by atoms with van der Waals surface area (Å²) in [6, 6.07) is 16.1. The summed E-state index contributed by atoms with van der Waals surface area (Å²) in [6.45, 7) is 0.765. The van der Waals surface area contributed by atoms with Crippen LogP contribution < -0.4 is 0 Å². The van der Waals surface area contributed by atoms with Gasteiger partial charge in [-0.3, -0.25) is 4.68 Å². The zero-order valence-electron chi connectivity index (χ0n) is 10.6. The predicted molar refractivity (Wildman–Crippen MR) is 85.9 cm³/mol. The van der Waals surface area contributed by atoms with Gasteiger partial charge in [-0.1, -0.05) is 51.8 Å². The van der Waals surface area contributed by atoms with Crippen LogP contribution in [0, 0.1) is 0 Å². The standard InChI is InChI=1S/C16H12BrClN2/c17-15-5-1-12(2-6-15)10-20-11-14(9-19-20)13-3-7-16(18)8-4-13/h1-9,11H,10H2. The second kappa shape index (κ2) is 5.81. The third-order valence-electron chi connectivity index (χ3n) is 3.07. The normalized spacial score (nSPS) is 10.7. The molecule has 0 bridgehead atoms. The van der Waals surface area contributed by atoms with Gasteiger partial charge in [0.1, 0.15) is 0 Å². The van der Waals surface area contributed by atoms with Crippen LogP contribution in [-0.4, -0.2) is 9.78 Å². The Morgan fingerprint density at radius 2 is 1.65 bits per heavy atom.